The third-order valence-corrected chi connectivity index (χ3v) is 3.78. The average molecular weight is 262 g/mol. The van der Waals surface area contributed by atoms with Crippen molar-refractivity contribution in [3.8, 4) is 21.7 Å². The van der Waals surface area contributed by atoms with Gasteiger partial charge in [0, 0.05) is 22.8 Å². The largest absolute Gasteiger partial charge is 0.399 e. The summed E-state index contributed by atoms with van der Waals surface area (Å²) in [6.45, 7) is 0. The first kappa shape index (κ1) is 12.0. The number of anilines is 1. The minimum absolute atomic E-state index is 0.749. The standard InChI is InChI=1S/C15H11BN2S/c16-14-6-3-11(15-18-7-8-19-15)9-13(14)10-1-4-12(17)5-2-10/h1-9H,17H2. The summed E-state index contributed by atoms with van der Waals surface area (Å²) in [5.74, 6) is 0. The molecule has 0 aliphatic heterocycles. The Kier molecular flexibility index (Phi) is 3.09. The van der Waals surface area contributed by atoms with Gasteiger partial charge in [-0.1, -0.05) is 29.7 Å². The van der Waals surface area contributed by atoms with E-state index in [0.29, 0.717) is 0 Å². The van der Waals surface area contributed by atoms with Crippen LogP contribution in [0.2, 0.25) is 0 Å². The fourth-order valence-corrected chi connectivity index (χ4v) is 2.60. The second-order valence-electron chi connectivity index (χ2n) is 4.26. The predicted molar refractivity (Wildman–Crippen MR) is 82.8 cm³/mol. The highest BCUT2D eigenvalue weighted by Gasteiger charge is 2.06. The number of nitrogens with two attached hydrogens (primary N) is 1. The Balaban J connectivity index is 2.10. The molecule has 2 radical (unpaired) electrons. The second kappa shape index (κ2) is 4.90. The Morgan fingerprint density at radius 3 is 2.42 bits per heavy atom. The third kappa shape index (κ3) is 2.40. The number of hydrogen-bond donors (Lipinski definition) is 1. The lowest BCUT2D eigenvalue weighted by Crippen LogP contribution is -2.06. The van der Waals surface area contributed by atoms with Crippen LogP contribution in [0.1, 0.15) is 0 Å². The molecule has 0 saturated carbocycles. The Morgan fingerprint density at radius 2 is 1.74 bits per heavy atom. The lowest BCUT2D eigenvalue weighted by Gasteiger charge is -2.09. The Labute approximate surface area is 117 Å². The summed E-state index contributed by atoms with van der Waals surface area (Å²) in [5.41, 5.74) is 10.4. The van der Waals surface area contributed by atoms with E-state index in [1.54, 1.807) is 17.5 Å². The minimum Gasteiger partial charge on any atom is -0.399 e. The molecule has 0 aliphatic carbocycles. The zero-order valence-corrected chi connectivity index (χ0v) is 11.0. The van der Waals surface area contributed by atoms with Gasteiger partial charge in [0.15, 0.2) is 0 Å². The first-order valence-electron chi connectivity index (χ1n) is 5.89. The van der Waals surface area contributed by atoms with Gasteiger partial charge >= 0.3 is 0 Å². The van der Waals surface area contributed by atoms with E-state index in [4.69, 9.17) is 13.6 Å². The van der Waals surface area contributed by atoms with Crippen LogP contribution in [0.15, 0.2) is 54.0 Å². The minimum atomic E-state index is 0.749. The first-order valence-corrected chi connectivity index (χ1v) is 6.77. The number of thiazole rings is 1. The summed E-state index contributed by atoms with van der Waals surface area (Å²) in [6.07, 6.45) is 1.80. The van der Waals surface area contributed by atoms with Crippen molar-refractivity contribution >= 4 is 30.3 Å². The highest BCUT2D eigenvalue weighted by molar-refractivity contribution is 7.13. The van der Waals surface area contributed by atoms with Gasteiger partial charge in [0.05, 0.1) is 0 Å². The van der Waals surface area contributed by atoms with Crippen molar-refractivity contribution in [2.45, 2.75) is 0 Å². The molecule has 0 amide bonds. The lowest BCUT2D eigenvalue weighted by molar-refractivity contribution is 1.42. The zero-order valence-electron chi connectivity index (χ0n) is 10.2. The molecule has 3 rings (SSSR count). The van der Waals surface area contributed by atoms with Crippen LogP contribution in [-0.2, 0) is 0 Å². The van der Waals surface area contributed by atoms with E-state index in [2.05, 4.69) is 11.1 Å². The highest BCUT2D eigenvalue weighted by Crippen LogP contribution is 2.26. The van der Waals surface area contributed by atoms with E-state index in [0.717, 1.165) is 32.8 Å². The molecule has 1 heterocycles. The molecule has 4 heteroatoms. The highest BCUT2D eigenvalue weighted by atomic mass is 32.1. The van der Waals surface area contributed by atoms with Crippen LogP contribution in [0.3, 0.4) is 0 Å². The van der Waals surface area contributed by atoms with Crippen molar-refractivity contribution in [1.29, 1.82) is 0 Å². The van der Waals surface area contributed by atoms with E-state index in [-0.39, 0.29) is 0 Å². The maximum absolute atomic E-state index is 6.06. The molecule has 2 aromatic carbocycles. The summed E-state index contributed by atoms with van der Waals surface area (Å²) in [4.78, 5) is 4.32. The molecule has 0 unspecified atom stereocenters. The molecule has 90 valence electrons. The number of nitrogen functional groups attached to an aromatic ring is 1. The average Bonchev–Trinajstić information content (AvgIpc) is 2.94. The SMILES string of the molecule is [B]c1ccc(-c2nccs2)cc1-c1ccc(N)cc1. The molecule has 0 fully saturated rings. The normalized spacial score (nSPS) is 10.5. The Morgan fingerprint density at radius 1 is 1.00 bits per heavy atom. The van der Waals surface area contributed by atoms with Gasteiger partial charge in [-0.2, -0.15) is 0 Å². The quantitative estimate of drug-likeness (QED) is 0.569. The van der Waals surface area contributed by atoms with E-state index in [1.165, 1.54) is 0 Å². The summed E-state index contributed by atoms with van der Waals surface area (Å²) < 4.78 is 0. The summed E-state index contributed by atoms with van der Waals surface area (Å²) >= 11 is 1.62. The van der Waals surface area contributed by atoms with Crippen LogP contribution in [-0.4, -0.2) is 12.8 Å². The predicted octanol–water partition coefficient (Wildman–Crippen LogP) is 2.85. The van der Waals surface area contributed by atoms with Gasteiger partial charge in [0.2, 0.25) is 0 Å². The fraction of sp³-hybridized carbons (Fsp3) is 0. The maximum Gasteiger partial charge on any atom is 0.123 e. The molecule has 0 saturated heterocycles. The number of rotatable bonds is 2. The number of aromatic nitrogens is 1. The van der Waals surface area contributed by atoms with Gasteiger partial charge in [0.1, 0.15) is 12.9 Å². The van der Waals surface area contributed by atoms with Gasteiger partial charge in [-0.15, -0.1) is 11.3 Å². The van der Waals surface area contributed by atoms with Gasteiger partial charge in [-0.25, -0.2) is 4.98 Å². The number of nitrogens with zero attached hydrogens (tertiary/aromatic N) is 1. The van der Waals surface area contributed by atoms with E-state index < -0.39 is 0 Å². The molecular formula is C15H11BN2S. The molecular weight excluding hydrogens is 251 g/mol. The van der Waals surface area contributed by atoms with E-state index in [1.807, 2.05) is 41.8 Å². The fourth-order valence-electron chi connectivity index (χ4n) is 1.97. The number of benzene rings is 2. The molecule has 0 atom stereocenters. The zero-order chi connectivity index (χ0) is 13.2. The van der Waals surface area contributed by atoms with Crippen LogP contribution in [0, 0.1) is 0 Å². The van der Waals surface area contributed by atoms with Crippen molar-refractivity contribution in [2.24, 2.45) is 0 Å². The van der Waals surface area contributed by atoms with Gasteiger partial charge in [-0.3, -0.25) is 0 Å². The van der Waals surface area contributed by atoms with Crippen LogP contribution < -0.4 is 11.2 Å². The van der Waals surface area contributed by atoms with Crippen molar-refractivity contribution in [3.63, 3.8) is 0 Å². The summed E-state index contributed by atoms with van der Waals surface area (Å²) in [6, 6.07) is 13.7. The van der Waals surface area contributed by atoms with Crippen molar-refractivity contribution < 1.29 is 0 Å². The maximum atomic E-state index is 6.06. The second-order valence-corrected chi connectivity index (χ2v) is 5.16. The van der Waals surface area contributed by atoms with Gasteiger partial charge in [0.25, 0.3) is 0 Å². The first-order chi connectivity index (χ1) is 9.24. The van der Waals surface area contributed by atoms with Crippen molar-refractivity contribution in [2.75, 3.05) is 5.73 Å². The smallest absolute Gasteiger partial charge is 0.123 e. The van der Waals surface area contributed by atoms with Crippen LogP contribution >= 0.6 is 11.3 Å². The number of hydrogen-bond acceptors (Lipinski definition) is 3. The Bertz CT molecular complexity index is 691. The van der Waals surface area contributed by atoms with Crippen LogP contribution in [0.25, 0.3) is 21.7 Å². The topological polar surface area (TPSA) is 38.9 Å². The van der Waals surface area contributed by atoms with E-state index >= 15 is 0 Å². The summed E-state index contributed by atoms with van der Waals surface area (Å²) in [7, 11) is 6.06. The molecule has 2 N–H and O–H groups in total. The van der Waals surface area contributed by atoms with Gasteiger partial charge in [-0.05, 0) is 29.3 Å². The van der Waals surface area contributed by atoms with E-state index in [9.17, 15) is 0 Å². The lowest BCUT2D eigenvalue weighted by atomic mass is 9.86. The molecule has 0 bridgehead atoms. The van der Waals surface area contributed by atoms with Crippen LogP contribution in [0.5, 0.6) is 0 Å². The van der Waals surface area contributed by atoms with Crippen molar-refractivity contribution in [1.82, 2.24) is 4.98 Å². The summed E-state index contributed by atoms with van der Waals surface area (Å²) in [5, 5.41) is 2.96. The third-order valence-electron chi connectivity index (χ3n) is 2.95. The molecule has 3 aromatic rings. The molecule has 2 nitrogen and oxygen atoms in total. The Hall–Kier alpha value is -2.07. The van der Waals surface area contributed by atoms with Crippen molar-refractivity contribution in [3.05, 3.63) is 54.0 Å². The van der Waals surface area contributed by atoms with Gasteiger partial charge < -0.3 is 5.73 Å². The molecule has 19 heavy (non-hydrogen) atoms. The van der Waals surface area contributed by atoms with Crippen LogP contribution in [0.4, 0.5) is 5.69 Å². The molecule has 0 spiro atoms. The monoisotopic (exact) mass is 262 g/mol. The molecule has 0 aliphatic rings. The molecule has 1 aromatic heterocycles.